The highest BCUT2D eigenvalue weighted by molar-refractivity contribution is 5.93. The van der Waals surface area contributed by atoms with E-state index in [0.717, 1.165) is 5.56 Å². The zero-order valence-electron chi connectivity index (χ0n) is 11.0. The lowest BCUT2D eigenvalue weighted by Crippen LogP contribution is -2.22. The number of carbonyl (C=O) groups excluding carboxylic acids is 1. The first kappa shape index (κ1) is 15.2. The van der Waals surface area contributed by atoms with Gasteiger partial charge in [0.15, 0.2) is 0 Å². The highest BCUT2D eigenvalue weighted by Gasteiger charge is 2.04. The Labute approximate surface area is 119 Å². The van der Waals surface area contributed by atoms with Crippen LogP contribution in [-0.4, -0.2) is 10.9 Å². The topological polar surface area (TPSA) is 42.0 Å². The van der Waals surface area contributed by atoms with Crippen LogP contribution in [-0.2, 0) is 6.54 Å². The number of halogens is 1. The number of aromatic nitrogens is 1. The lowest BCUT2D eigenvalue weighted by atomic mass is 10.1. The van der Waals surface area contributed by atoms with Crippen molar-refractivity contribution >= 4 is 18.3 Å². The van der Waals surface area contributed by atoms with Crippen LogP contribution in [0.3, 0.4) is 0 Å². The minimum atomic E-state index is -0.0960. The van der Waals surface area contributed by atoms with Crippen molar-refractivity contribution in [2.24, 2.45) is 0 Å². The van der Waals surface area contributed by atoms with Gasteiger partial charge in [-0.05, 0) is 42.7 Å². The van der Waals surface area contributed by atoms with Crippen molar-refractivity contribution in [1.82, 2.24) is 10.3 Å². The third-order valence-corrected chi connectivity index (χ3v) is 2.95. The molecule has 0 atom stereocenters. The fraction of sp³-hybridized carbons (Fsp3) is 0.200. The van der Waals surface area contributed by atoms with Crippen LogP contribution in [0.2, 0.25) is 0 Å². The van der Waals surface area contributed by atoms with Crippen LogP contribution in [0.15, 0.2) is 42.7 Å². The van der Waals surface area contributed by atoms with Gasteiger partial charge in [-0.1, -0.05) is 18.2 Å². The second-order valence-electron chi connectivity index (χ2n) is 4.34. The van der Waals surface area contributed by atoms with Gasteiger partial charge >= 0.3 is 0 Å². The molecular formula is C15H17ClN2O. The molecule has 1 N–H and O–H groups in total. The maximum atomic E-state index is 11.8. The van der Waals surface area contributed by atoms with Gasteiger partial charge in [-0.25, -0.2) is 0 Å². The van der Waals surface area contributed by atoms with E-state index in [1.807, 2.05) is 6.07 Å². The molecule has 100 valence electrons. The number of benzene rings is 1. The summed E-state index contributed by atoms with van der Waals surface area (Å²) in [5.41, 5.74) is 4.19. The average Bonchev–Trinajstić information content (AvgIpc) is 2.41. The second kappa shape index (κ2) is 6.90. The Kier molecular flexibility index (Phi) is 5.52. The van der Waals surface area contributed by atoms with E-state index in [2.05, 4.69) is 36.3 Å². The SMILES string of the molecule is Cc1ccc(CNC(=O)c2cccnc2)cc1C.Cl. The molecule has 1 aromatic heterocycles. The molecule has 2 aromatic rings. The van der Waals surface area contributed by atoms with E-state index in [-0.39, 0.29) is 18.3 Å². The first-order valence-electron chi connectivity index (χ1n) is 5.91. The Balaban J connectivity index is 0.00000180. The van der Waals surface area contributed by atoms with E-state index in [4.69, 9.17) is 0 Å². The zero-order chi connectivity index (χ0) is 13.0. The molecule has 0 aliphatic heterocycles. The van der Waals surface area contributed by atoms with E-state index in [1.54, 1.807) is 24.5 Å². The third kappa shape index (κ3) is 4.07. The maximum absolute atomic E-state index is 11.8. The van der Waals surface area contributed by atoms with E-state index < -0.39 is 0 Å². The van der Waals surface area contributed by atoms with Crippen LogP contribution >= 0.6 is 12.4 Å². The second-order valence-corrected chi connectivity index (χ2v) is 4.34. The molecule has 0 bridgehead atoms. The van der Waals surface area contributed by atoms with Gasteiger partial charge in [-0.2, -0.15) is 0 Å². The summed E-state index contributed by atoms with van der Waals surface area (Å²) >= 11 is 0. The summed E-state index contributed by atoms with van der Waals surface area (Å²) < 4.78 is 0. The van der Waals surface area contributed by atoms with Gasteiger partial charge in [-0.15, -0.1) is 12.4 Å². The highest BCUT2D eigenvalue weighted by Crippen LogP contribution is 2.09. The van der Waals surface area contributed by atoms with E-state index in [1.165, 1.54) is 11.1 Å². The molecule has 0 saturated carbocycles. The Morgan fingerprint density at radius 1 is 1.21 bits per heavy atom. The quantitative estimate of drug-likeness (QED) is 0.936. The first-order chi connectivity index (χ1) is 8.66. The molecule has 0 aliphatic carbocycles. The van der Waals surface area contributed by atoms with E-state index >= 15 is 0 Å². The predicted octanol–water partition coefficient (Wildman–Crippen LogP) is 3.05. The van der Waals surface area contributed by atoms with E-state index in [9.17, 15) is 4.79 Å². The van der Waals surface area contributed by atoms with Crippen molar-refractivity contribution in [2.45, 2.75) is 20.4 Å². The minimum absolute atomic E-state index is 0. The summed E-state index contributed by atoms with van der Waals surface area (Å²) in [4.78, 5) is 15.7. The number of hydrogen-bond acceptors (Lipinski definition) is 2. The Morgan fingerprint density at radius 2 is 2.00 bits per heavy atom. The van der Waals surface area contributed by atoms with Gasteiger partial charge in [-0.3, -0.25) is 9.78 Å². The monoisotopic (exact) mass is 276 g/mol. The number of nitrogens with one attached hydrogen (secondary N) is 1. The van der Waals surface area contributed by atoms with Crippen LogP contribution in [0.25, 0.3) is 0 Å². The smallest absolute Gasteiger partial charge is 0.253 e. The molecule has 0 radical (unpaired) electrons. The molecule has 0 fully saturated rings. The van der Waals surface area contributed by atoms with Gasteiger partial charge < -0.3 is 5.32 Å². The van der Waals surface area contributed by atoms with Gasteiger partial charge in [0.2, 0.25) is 0 Å². The lowest BCUT2D eigenvalue weighted by molar-refractivity contribution is 0.0950. The normalized spacial score (nSPS) is 9.58. The number of hydrogen-bond donors (Lipinski definition) is 1. The number of rotatable bonds is 3. The number of pyridine rings is 1. The largest absolute Gasteiger partial charge is 0.348 e. The number of amides is 1. The summed E-state index contributed by atoms with van der Waals surface area (Å²) in [6, 6.07) is 9.71. The van der Waals surface area contributed by atoms with Crippen molar-refractivity contribution in [1.29, 1.82) is 0 Å². The molecule has 3 nitrogen and oxygen atoms in total. The Bertz CT molecular complexity index is 555. The van der Waals surface area contributed by atoms with Crippen molar-refractivity contribution in [2.75, 3.05) is 0 Å². The number of aryl methyl sites for hydroxylation is 2. The molecule has 0 aliphatic rings. The fourth-order valence-electron chi connectivity index (χ4n) is 1.69. The van der Waals surface area contributed by atoms with Gasteiger partial charge in [0.05, 0.1) is 5.56 Å². The molecular weight excluding hydrogens is 260 g/mol. The van der Waals surface area contributed by atoms with Crippen LogP contribution in [0.5, 0.6) is 0 Å². The van der Waals surface area contributed by atoms with Crippen LogP contribution in [0.1, 0.15) is 27.0 Å². The van der Waals surface area contributed by atoms with Gasteiger partial charge in [0.25, 0.3) is 5.91 Å². The molecule has 0 spiro atoms. The maximum Gasteiger partial charge on any atom is 0.253 e. The molecule has 2 rings (SSSR count). The predicted molar refractivity (Wildman–Crippen MR) is 78.6 cm³/mol. The molecule has 0 unspecified atom stereocenters. The summed E-state index contributed by atoms with van der Waals surface area (Å²) in [5, 5.41) is 2.88. The van der Waals surface area contributed by atoms with Gasteiger partial charge in [0, 0.05) is 18.9 Å². The fourth-order valence-corrected chi connectivity index (χ4v) is 1.69. The van der Waals surface area contributed by atoms with Crippen molar-refractivity contribution in [3.63, 3.8) is 0 Å². The standard InChI is InChI=1S/C15H16N2O.ClH/c1-11-5-6-13(8-12(11)2)9-17-15(18)14-4-3-7-16-10-14;/h3-8,10H,9H2,1-2H3,(H,17,18);1H. The van der Waals surface area contributed by atoms with Crippen LogP contribution < -0.4 is 5.32 Å². The van der Waals surface area contributed by atoms with E-state index in [0.29, 0.717) is 12.1 Å². The molecule has 1 heterocycles. The number of carbonyl (C=O) groups is 1. The third-order valence-electron chi connectivity index (χ3n) is 2.95. The van der Waals surface area contributed by atoms with Crippen molar-refractivity contribution in [3.8, 4) is 0 Å². The molecule has 1 aromatic carbocycles. The summed E-state index contributed by atoms with van der Waals surface area (Å²) in [7, 11) is 0. The van der Waals surface area contributed by atoms with Gasteiger partial charge in [0.1, 0.15) is 0 Å². The van der Waals surface area contributed by atoms with Crippen LogP contribution in [0, 0.1) is 13.8 Å². The zero-order valence-corrected chi connectivity index (χ0v) is 11.8. The number of nitrogens with zero attached hydrogens (tertiary/aromatic N) is 1. The Hall–Kier alpha value is -1.87. The lowest BCUT2D eigenvalue weighted by Gasteiger charge is -2.07. The van der Waals surface area contributed by atoms with Crippen LogP contribution in [0.4, 0.5) is 0 Å². The summed E-state index contributed by atoms with van der Waals surface area (Å²) in [6.45, 7) is 4.68. The van der Waals surface area contributed by atoms with Crippen molar-refractivity contribution < 1.29 is 4.79 Å². The first-order valence-corrected chi connectivity index (χ1v) is 5.91. The average molecular weight is 277 g/mol. The molecule has 0 saturated heterocycles. The summed E-state index contributed by atoms with van der Waals surface area (Å²) in [6.07, 6.45) is 3.22. The Morgan fingerprint density at radius 3 is 2.63 bits per heavy atom. The minimum Gasteiger partial charge on any atom is -0.348 e. The molecule has 1 amide bonds. The van der Waals surface area contributed by atoms with Crippen molar-refractivity contribution in [3.05, 3.63) is 65.0 Å². The highest BCUT2D eigenvalue weighted by atomic mass is 35.5. The molecule has 4 heteroatoms. The summed E-state index contributed by atoms with van der Waals surface area (Å²) in [5.74, 6) is -0.0960. The molecule has 19 heavy (non-hydrogen) atoms.